The molecule has 0 saturated carbocycles. The molecule has 0 aliphatic rings. The molecule has 0 saturated heterocycles. The lowest BCUT2D eigenvalue weighted by Gasteiger charge is -2.10. The third kappa shape index (κ3) is 3.39. The Hall–Kier alpha value is -0.270. The number of nitrogens with two attached hydrogens (primary N) is 2. The molecule has 0 fully saturated rings. The van der Waals surface area contributed by atoms with Crippen molar-refractivity contribution in [3.05, 3.63) is 17.3 Å². The van der Waals surface area contributed by atoms with Gasteiger partial charge in [-0.05, 0) is 0 Å². The molecule has 1 unspecified atom stereocenters. The highest BCUT2D eigenvalue weighted by Gasteiger charge is 2.16. The Kier molecular flexibility index (Phi) is 5.94. The second kappa shape index (κ2) is 6.77. The number of thiazole rings is 1. The van der Waals surface area contributed by atoms with Gasteiger partial charge in [-0.3, -0.25) is 4.40 Å². The van der Waals surface area contributed by atoms with Gasteiger partial charge in [-0.25, -0.2) is 4.98 Å². The Balaban J connectivity index is 0.00000162. The molecule has 0 amide bonds. The minimum Gasteiger partial charge on any atom is -0.329 e. The van der Waals surface area contributed by atoms with Gasteiger partial charge < -0.3 is 11.5 Å². The molecule has 2 aromatic heterocycles. The van der Waals surface area contributed by atoms with Gasteiger partial charge in [0.15, 0.2) is 4.96 Å². The van der Waals surface area contributed by atoms with Gasteiger partial charge in [0.05, 0.1) is 5.69 Å². The Labute approximate surface area is 122 Å². The standard InChI is InChI=1S/C11H18N4S2.ClH/c1-7(2)17-10-9(5-8(13)6-12)15-3-4-16-11(15)14-10;/h3-4,7-8H,5-6,12-13H2,1-2H3;1H. The van der Waals surface area contributed by atoms with Gasteiger partial charge in [0, 0.05) is 35.8 Å². The number of nitrogens with zero attached hydrogens (tertiary/aromatic N) is 2. The van der Waals surface area contributed by atoms with Crippen LogP contribution in [0.5, 0.6) is 0 Å². The van der Waals surface area contributed by atoms with E-state index >= 15 is 0 Å². The van der Waals surface area contributed by atoms with E-state index in [1.165, 1.54) is 5.69 Å². The maximum atomic E-state index is 5.95. The summed E-state index contributed by atoms with van der Waals surface area (Å²) < 4.78 is 2.13. The molecular weight excluding hydrogens is 288 g/mol. The summed E-state index contributed by atoms with van der Waals surface area (Å²) in [6.45, 7) is 4.85. The van der Waals surface area contributed by atoms with Crippen LogP contribution in [0.3, 0.4) is 0 Å². The van der Waals surface area contributed by atoms with Gasteiger partial charge >= 0.3 is 0 Å². The van der Waals surface area contributed by atoms with Gasteiger partial charge in [-0.1, -0.05) is 13.8 Å². The first-order chi connectivity index (χ1) is 8.11. The first-order valence-corrected chi connectivity index (χ1v) is 7.44. The summed E-state index contributed by atoms with van der Waals surface area (Å²) in [6, 6.07) is 0.00122. The average Bonchev–Trinajstić information content (AvgIpc) is 2.81. The van der Waals surface area contributed by atoms with Crippen LogP contribution in [-0.4, -0.2) is 27.2 Å². The van der Waals surface area contributed by atoms with Crippen molar-refractivity contribution in [3.8, 4) is 0 Å². The molecular formula is C11H19ClN4S2. The van der Waals surface area contributed by atoms with Crippen molar-refractivity contribution in [1.29, 1.82) is 0 Å². The second-order valence-corrected chi connectivity index (χ2v) is 6.72. The third-order valence-corrected chi connectivity index (χ3v) is 4.21. The van der Waals surface area contributed by atoms with Crippen molar-refractivity contribution >= 4 is 40.5 Å². The fraction of sp³-hybridized carbons (Fsp3) is 0.545. The predicted octanol–water partition coefficient (Wildman–Crippen LogP) is 2.15. The van der Waals surface area contributed by atoms with Crippen LogP contribution >= 0.6 is 35.5 Å². The van der Waals surface area contributed by atoms with Crippen molar-refractivity contribution in [2.24, 2.45) is 11.5 Å². The fourth-order valence-electron chi connectivity index (χ4n) is 1.65. The summed E-state index contributed by atoms with van der Waals surface area (Å²) in [5, 5.41) is 3.66. The summed E-state index contributed by atoms with van der Waals surface area (Å²) in [7, 11) is 0. The molecule has 7 heteroatoms. The molecule has 1 atom stereocenters. The van der Waals surface area contributed by atoms with Crippen molar-refractivity contribution in [2.45, 2.75) is 36.6 Å². The van der Waals surface area contributed by atoms with Crippen LogP contribution in [0, 0.1) is 0 Å². The lowest BCUT2D eigenvalue weighted by Crippen LogP contribution is -2.32. The number of thioether (sulfide) groups is 1. The lowest BCUT2D eigenvalue weighted by molar-refractivity contribution is 0.656. The van der Waals surface area contributed by atoms with Crippen LogP contribution in [0.2, 0.25) is 0 Å². The fourth-order valence-corrected chi connectivity index (χ4v) is 3.34. The predicted molar refractivity (Wildman–Crippen MR) is 82.0 cm³/mol. The SMILES string of the molecule is CC(C)Sc1nc2sccn2c1CC(N)CN.Cl. The number of hydrogen-bond donors (Lipinski definition) is 2. The van der Waals surface area contributed by atoms with E-state index in [0.29, 0.717) is 11.8 Å². The molecule has 18 heavy (non-hydrogen) atoms. The van der Waals surface area contributed by atoms with E-state index in [0.717, 1.165) is 16.4 Å². The van der Waals surface area contributed by atoms with E-state index in [2.05, 4.69) is 29.4 Å². The Bertz CT molecular complexity index is 494. The molecule has 102 valence electrons. The summed E-state index contributed by atoms with van der Waals surface area (Å²) in [4.78, 5) is 5.68. The van der Waals surface area contributed by atoms with Gasteiger partial charge in [0.1, 0.15) is 5.03 Å². The number of aromatic nitrogens is 2. The van der Waals surface area contributed by atoms with Crippen LogP contribution in [0.15, 0.2) is 16.6 Å². The highest BCUT2D eigenvalue weighted by Crippen LogP contribution is 2.29. The number of rotatable bonds is 5. The normalized spacial score (nSPS) is 12.9. The van der Waals surface area contributed by atoms with E-state index < -0.39 is 0 Å². The highest BCUT2D eigenvalue weighted by molar-refractivity contribution is 7.99. The zero-order valence-electron chi connectivity index (χ0n) is 10.5. The first kappa shape index (κ1) is 15.8. The molecule has 0 aliphatic carbocycles. The van der Waals surface area contributed by atoms with Crippen molar-refractivity contribution < 1.29 is 0 Å². The maximum Gasteiger partial charge on any atom is 0.194 e. The Morgan fingerprint density at radius 1 is 1.50 bits per heavy atom. The summed E-state index contributed by atoms with van der Waals surface area (Å²) in [5.41, 5.74) is 12.7. The zero-order valence-corrected chi connectivity index (χ0v) is 12.9. The molecule has 2 aromatic rings. The first-order valence-electron chi connectivity index (χ1n) is 5.68. The topological polar surface area (TPSA) is 69.3 Å². The quantitative estimate of drug-likeness (QED) is 0.831. The van der Waals surface area contributed by atoms with Crippen LogP contribution in [-0.2, 0) is 6.42 Å². The minimum absolute atomic E-state index is 0. The molecule has 2 heterocycles. The van der Waals surface area contributed by atoms with E-state index in [1.54, 1.807) is 23.1 Å². The monoisotopic (exact) mass is 306 g/mol. The van der Waals surface area contributed by atoms with Gasteiger partial charge in [-0.2, -0.15) is 0 Å². The minimum atomic E-state index is 0. The summed E-state index contributed by atoms with van der Waals surface area (Å²) >= 11 is 3.44. The van der Waals surface area contributed by atoms with Gasteiger partial charge in [-0.15, -0.1) is 35.5 Å². The Morgan fingerprint density at radius 2 is 2.22 bits per heavy atom. The molecule has 0 spiro atoms. The van der Waals surface area contributed by atoms with E-state index in [4.69, 9.17) is 11.5 Å². The zero-order chi connectivity index (χ0) is 12.4. The van der Waals surface area contributed by atoms with Gasteiger partial charge in [0.25, 0.3) is 0 Å². The Morgan fingerprint density at radius 3 is 2.83 bits per heavy atom. The smallest absolute Gasteiger partial charge is 0.194 e. The van der Waals surface area contributed by atoms with E-state index in [-0.39, 0.29) is 18.4 Å². The lowest BCUT2D eigenvalue weighted by atomic mass is 10.2. The van der Waals surface area contributed by atoms with Crippen LogP contribution in [0.25, 0.3) is 4.96 Å². The molecule has 0 aromatic carbocycles. The second-order valence-electron chi connectivity index (χ2n) is 4.29. The van der Waals surface area contributed by atoms with Crippen LogP contribution < -0.4 is 11.5 Å². The number of hydrogen-bond acceptors (Lipinski definition) is 5. The molecule has 2 rings (SSSR count). The third-order valence-electron chi connectivity index (χ3n) is 2.43. The van der Waals surface area contributed by atoms with E-state index in [9.17, 15) is 0 Å². The number of imidazole rings is 1. The largest absolute Gasteiger partial charge is 0.329 e. The van der Waals surface area contributed by atoms with Crippen LogP contribution in [0.1, 0.15) is 19.5 Å². The van der Waals surface area contributed by atoms with Crippen molar-refractivity contribution in [2.75, 3.05) is 6.54 Å². The van der Waals surface area contributed by atoms with E-state index in [1.807, 2.05) is 5.38 Å². The summed E-state index contributed by atoms with van der Waals surface area (Å²) in [6.07, 6.45) is 2.83. The number of fused-ring (bicyclic) bond motifs is 1. The molecule has 4 N–H and O–H groups in total. The van der Waals surface area contributed by atoms with Crippen molar-refractivity contribution in [1.82, 2.24) is 9.38 Å². The molecule has 0 aliphatic heterocycles. The van der Waals surface area contributed by atoms with Gasteiger partial charge in [0.2, 0.25) is 0 Å². The molecule has 0 radical (unpaired) electrons. The van der Waals surface area contributed by atoms with Crippen LogP contribution in [0.4, 0.5) is 0 Å². The molecule has 0 bridgehead atoms. The molecule has 4 nitrogen and oxygen atoms in total. The average molecular weight is 307 g/mol. The summed E-state index contributed by atoms with van der Waals surface area (Å²) in [5.74, 6) is 0. The maximum absolute atomic E-state index is 5.95. The highest BCUT2D eigenvalue weighted by atomic mass is 35.5. The number of halogens is 1. The van der Waals surface area contributed by atoms with Crippen molar-refractivity contribution in [3.63, 3.8) is 0 Å².